The topological polar surface area (TPSA) is 692 Å². The molecule has 0 aromatic rings. The fourth-order valence-electron chi connectivity index (χ4n) is 11.2. The van der Waals surface area contributed by atoms with Crippen molar-refractivity contribution in [1.29, 1.82) is 0 Å². The molecule has 1 unspecified atom stereocenters. The number of aliphatic hydroxyl groups excluding tert-OH is 20. The highest BCUT2D eigenvalue weighted by molar-refractivity contribution is 5.75. The van der Waals surface area contributed by atoms with E-state index in [2.05, 4.69) is 0 Å². The zero-order valence-electron chi connectivity index (χ0n) is 47.0. The minimum Gasteiger partial charge on any atom is -0.479 e. The van der Waals surface area contributed by atoms with E-state index in [-0.39, 0.29) is 0 Å². The molecule has 8 aliphatic heterocycles. The Balaban J connectivity index is 1.07. The molecule has 0 saturated carbocycles. The molecule has 43 heteroatoms. The number of hydrogen-bond donors (Lipinski definition) is 24. The van der Waals surface area contributed by atoms with Crippen molar-refractivity contribution in [2.45, 2.75) is 259 Å². The van der Waals surface area contributed by atoms with Gasteiger partial charge in [-0.2, -0.15) is 0 Å². The second-order valence-corrected chi connectivity index (χ2v) is 22.5. The van der Waals surface area contributed by atoms with Crippen molar-refractivity contribution >= 4 is 23.9 Å². The van der Waals surface area contributed by atoms with Crippen LogP contribution in [0.2, 0.25) is 0 Å². The van der Waals surface area contributed by atoms with Crippen molar-refractivity contribution in [2.24, 2.45) is 0 Å². The molecule has 0 spiro atoms. The number of ether oxygens (including phenoxy) is 15. The smallest absolute Gasteiger partial charge is 0.335 e. The van der Waals surface area contributed by atoms with Crippen molar-refractivity contribution < 1.29 is 213 Å². The Morgan fingerprint density at radius 2 is 0.560 bits per heavy atom. The lowest BCUT2D eigenvalue weighted by Crippen LogP contribution is -2.70. The first-order chi connectivity index (χ1) is 42.6. The Kier molecular flexibility index (Phi) is 24.0. The molecule has 91 heavy (non-hydrogen) atoms. The minimum atomic E-state index is -2.70. The van der Waals surface area contributed by atoms with E-state index in [9.17, 15) is 142 Å². The lowest BCUT2D eigenvalue weighted by molar-refractivity contribution is -0.410. The van der Waals surface area contributed by atoms with Crippen LogP contribution in [0.3, 0.4) is 0 Å². The summed E-state index contributed by atoms with van der Waals surface area (Å²) in [6.45, 7) is 0.153. The molecule has 524 valence electrons. The number of hydrogen-bond acceptors (Lipinski definition) is 39. The Hall–Kier alpha value is -3.52. The largest absolute Gasteiger partial charge is 0.479 e. The van der Waals surface area contributed by atoms with Gasteiger partial charge in [-0.15, -0.1) is 0 Å². The van der Waals surface area contributed by atoms with Gasteiger partial charge in [0, 0.05) is 0 Å². The molecule has 0 aliphatic carbocycles. The van der Waals surface area contributed by atoms with Crippen LogP contribution in [0.4, 0.5) is 0 Å². The van der Waals surface area contributed by atoms with Crippen molar-refractivity contribution in [3.05, 3.63) is 0 Å². The first-order valence-corrected chi connectivity index (χ1v) is 27.9. The predicted octanol–water partition coefficient (Wildman–Crippen LogP) is -16.0. The van der Waals surface area contributed by atoms with Crippen molar-refractivity contribution in [3.63, 3.8) is 0 Å². The van der Waals surface area contributed by atoms with Gasteiger partial charge in [-0.1, -0.05) is 0 Å². The predicted molar refractivity (Wildman–Crippen MR) is 264 cm³/mol. The van der Waals surface area contributed by atoms with Crippen molar-refractivity contribution in [2.75, 3.05) is 13.2 Å². The third-order valence-electron chi connectivity index (χ3n) is 16.4. The Morgan fingerprint density at radius 3 is 0.978 bits per heavy atom. The molecular formula is C48H74O43. The standard InChI is InChI=1S/C48H74O43/c1-5-9(51)14(56)32(41(76)77-5)87-46-24(66)17(59)29(33(89-46)38(70)71)84-45-23(65)19(61)30(35(88-45)40(74)75)85-48-36(91-47-25(67)18(60)28(34(90-47)39(72)73)83-44-21(63)13(55)15(57)31(86-44)37(68)69)27(10(52)6(2)78-48)82-43-22(64)16(58)26(8(4-50)80-43)81-42-20(62)12(54)11(53)7(3-49)79-42/h5-36,41-67,76H,3-4H2,1-2H3,(H,68,69)(H,70,71)(H,72,73)(H,74,75)/t5-,6-,7+,8+,9-,10-,11-,12-,13-,14+,15+,16+,17+,18+,19+,20+,21+,22+,23+,24+,25+,26-,27+,28+,29+,30+,31-,32+,33-,34-,35-,36+,41?,42-,43-,44-,45-,46-,47+,48-/m0/s1. The first kappa shape index (κ1) is 73.3. The van der Waals surface area contributed by atoms with Crippen LogP contribution >= 0.6 is 0 Å². The lowest BCUT2D eigenvalue weighted by Gasteiger charge is -2.51. The van der Waals surface area contributed by atoms with Crippen LogP contribution < -0.4 is 0 Å². The molecule has 0 bridgehead atoms. The van der Waals surface area contributed by atoms with Gasteiger partial charge in [-0.3, -0.25) is 0 Å². The number of aliphatic carboxylic acids is 4. The summed E-state index contributed by atoms with van der Waals surface area (Å²) in [5.41, 5.74) is 0. The number of carboxylic acids is 4. The van der Waals surface area contributed by atoms with E-state index in [0.717, 1.165) is 6.92 Å². The van der Waals surface area contributed by atoms with E-state index < -0.39 is 283 Å². The number of aliphatic hydroxyl groups is 20. The zero-order chi connectivity index (χ0) is 67.4. The molecule has 8 rings (SSSR count). The van der Waals surface area contributed by atoms with Crippen LogP contribution in [0.1, 0.15) is 13.8 Å². The summed E-state index contributed by atoms with van der Waals surface area (Å²) in [5.74, 6) is -8.21. The molecule has 8 heterocycles. The molecule has 0 aromatic heterocycles. The third-order valence-corrected chi connectivity index (χ3v) is 16.4. The fourth-order valence-corrected chi connectivity index (χ4v) is 11.2. The van der Waals surface area contributed by atoms with Crippen molar-refractivity contribution in [3.8, 4) is 0 Å². The Bertz CT molecular complexity index is 2430. The first-order valence-electron chi connectivity index (χ1n) is 27.9. The van der Waals surface area contributed by atoms with E-state index in [1.54, 1.807) is 0 Å². The second kappa shape index (κ2) is 29.9. The lowest BCUT2D eigenvalue weighted by atomic mass is 9.94. The quantitative estimate of drug-likeness (QED) is 0.0538. The minimum absolute atomic E-state index is 0.958. The summed E-state index contributed by atoms with van der Waals surface area (Å²) in [6, 6.07) is 0. The SMILES string of the molecule is C[C@@H]1OC(O)[C@H](O[C@H]2O[C@H](C(=O)O)[C@H](O[C@H]3O[C@H](C(=O)O)[C@H](O[C@@H]4O[C@@H](C)[C@H](O)[C@@H](O[C@@H]5O[C@H](CO)[C@H](O[C@@H]6O[C@H](CO)[C@H](O)[C@H](O)[C@H]6O)[C@H](O)[C@H]5O)[C@H]4O[C@H]4O[C@H](C(=O)O)[C@H](O[C@H]5O[C@H](C(=O)O)[C@H](O)[C@H](O)[C@H]5O)[C@H](O)[C@H]4O)[C@H](O)[C@H]3O)[C@H](O)[C@H]2O)[C@H](O)[C@H]1O. The highest BCUT2D eigenvalue weighted by Gasteiger charge is 2.62. The van der Waals surface area contributed by atoms with Gasteiger partial charge in [-0.05, 0) is 13.8 Å². The van der Waals surface area contributed by atoms with E-state index >= 15 is 0 Å². The van der Waals surface area contributed by atoms with Gasteiger partial charge in [0.05, 0.1) is 25.4 Å². The molecule has 0 amide bonds. The van der Waals surface area contributed by atoms with E-state index in [1.807, 2.05) is 0 Å². The molecular weight excluding hydrogens is 1260 g/mol. The Morgan fingerprint density at radius 1 is 0.264 bits per heavy atom. The van der Waals surface area contributed by atoms with Crippen molar-refractivity contribution in [1.82, 2.24) is 0 Å². The number of carbonyl (C=O) groups is 4. The maximum Gasteiger partial charge on any atom is 0.335 e. The fraction of sp³-hybridized carbons (Fsp3) is 0.917. The van der Waals surface area contributed by atoms with Crippen LogP contribution in [0.15, 0.2) is 0 Å². The van der Waals surface area contributed by atoms with Gasteiger partial charge in [0.25, 0.3) is 0 Å². The van der Waals surface area contributed by atoms with Crippen LogP contribution in [0.25, 0.3) is 0 Å². The van der Waals surface area contributed by atoms with Crippen LogP contribution in [0, 0.1) is 0 Å². The maximum atomic E-state index is 13.1. The van der Waals surface area contributed by atoms with Gasteiger partial charge >= 0.3 is 23.9 Å². The van der Waals surface area contributed by atoms with Gasteiger partial charge < -0.3 is 194 Å². The average molecular weight is 1340 g/mol. The van der Waals surface area contributed by atoms with E-state index in [0.29, 0.717) is 0 Å². The summed E-state index contributed by atoms with van der Waals surface area (Å²) in [7, 11) is 0. The maximum absolute atomic E-state index is 13.1. The summed E-state index contributed by atoms with van der Waals surface area (Å²) < 4.78 is 82.6. The zero-order valence-corrected chi connectivity index (χ0v) is 47.0. The van der Waals surface area contributed by atoms with Crippen LogP contribution in [0.5, 0.6) is 0 Å². The molecule has 43 nitrogen and oxygen atoms in total. The molecule has 24 N–H and O–H groups in total. The second-order valence-electron chi connectivity index (χ2n) is 22.5. The number of carboxylic acid groups (broad SMARTS) is 4. The summed E-state index contributed by atoms with van der Waals surface area (Å²) in [6.07, 6.45) is -91.3. The molecule has 8 aliphatic rings. The summed E-state index contributed by atoms with van der Waals surface area (Å²) in [5, 5.41) is 258. The van der Waals surface area contributed by atoms with E-state index in [4.69, 9.17) is 71.1 Å². The monoisotopic (exact) mass is 1340 g/mol. The molecule has 0 aromatic carbocycles. The summed E-state index contributed by atoms with van der Waals surface area (Å²) >= 11 is 0. The van der Waals surface area contributed by atoms with E-state index in [1.165, 1.54) is 6.92 Å². The average Bonchev–Trinajstić information content (AvgIpc) is 1.61. The highest BCUT2D eigenvalue weighted by Crippen LogP contribution is 2.40. The van der Waals surface area contributed by atoms with Crippen LogP contribution in [-0.4, -0.2) is 405 Å². The molecule has 0 radical (unpaired) electrons. The van der Waals surface area contributed by atoms with Crippen LogP contribution in [-0.2, 0) is 90.2 Å². The molecule has 8 saturated heterocycles. The van der Waals surface area contributed by atoms with Gasteiger partial charge in [0.15, 0.2) is 74.7 Å². The van der Waals surface area contributed by atoms with Gasteiger partial charge in [-0.25, -0.2) is 19.2 Å². The summed E-state index contributed by atoms with van der Waals surface area (Å²) in [4.78, 5) is 50.4. The van der Waals surface area contributed by atoms with Gasteiger partial charge in [0.2, 0.25) is 0 Å². The van der Waals surface area contributed by atoms with Gasteiger partial charge in [0.1, 0.15) is 159 Å². The molecule has 8 fully saturated rings. The number of rotatable bonds is 20. The molecule has 40 atom stereocenters. The third kappa shape index (κ3) is 14.8. The normalized spacial score (nSPS) is 52.5. The highest BCUT2D eigenvalue weighted by atomic mass is 16.8. The Labute approximate surface area is 508 Å².